The number of benzene rings is 1. The second-order valence-electron chi connectivity index (χ2n) is 5.53. The highest BCUT2D eigenvalue weighted by atomic mass is 19.4. The number of nitrogens with one attached hydrogen (secondary N) is 1. The van der Waals surface area contributed by atoms with Crippen molar-refractivity contribution >= 4 is 23.3 Å². The lowest BCUT2D eigenvalue weighted by Crippen LogP contribution is -2.31. The number of non-ortho nitro benzene ring substituents is 1. The first-order valence-corrected chi connectivity index (χ1v) is 7.49. The molecule has 1 atom stereocenters. The minimum atomic E-state index is -4.93. The van der Waals surface area contributed by atoms with Gasteiger partial charge >= 0.3 is 12.1 Å². The Kier molecular flexibility index (Phi) is 5.52. The number of carbonyl (C=O) groups excluding carboxylic acids is 2. The normalized spacial score (nSPS) is 12.3. The first-order chi connectivity index (χ1) is 12.5. The van der Waals surface area contributed by atoms with Gasteiger partial charge in [0.25, 0.3) is 11.6 Å². The number of aromatic nitrogens is 1. The molecule has 0 spiro atoms. The lowest BCUT2D eigenvalue weighted by Gasteiger charge is -2.17. The Morgan fingerprint density at radius 2 is 1.96 bits per heavy atom. The largest absolute Gasteiger partial charge is 0.448 e. The van der Waals surface area contributed by atoms with Crippen LogP contribution in [0.4, 0.5) is 24.5 Å². The zero-order valence-corrected chi connectivity index (χ0v) is 14.1. The van der Waals surface area contributed by atoms with Crippen molar-refractivity contribution in [1.29, 1.82) is 0 Å². The zero-order chi connectivity index (χ0) is 20.4. The van der Waals surface area contributed by atoms with Gasteiger partial charge in [0.2, 0.25) is 0 Å². The number of nitro groups is 1. The highest BCUT2D eigenvalue weighted by Crippen LogP contribution is 2.37. The van der Waals surface area contributed by atoms with Crippen LogP contribution in [0.3, 0.4) is 0 Å². The molecule has 8 nitrogen and oxygen atoms in total. The summed E-state index contributed by atoms with van der Waals surface area (Å²) in [7, 11) is 1.58. The van der Waals surface area contributed by atoms with Crippen LogP contribution in [0.15, 0.2) is 36.5 Å². The summed E-state index contributed by atoms with van der Waals surface area (Å²) in [5.41, 5.74) is -2.68. The number of halogens is 3. The van der Waals surface area contributed by atoms with E-state index < -0.39 is 46.0 Å². The Morgan fingerprint density at radius 3 is 2.48 bits per heavy atom. The number of hydrogen-bond acceptors (Lipinski definition) is 5. The fraction of sp³-hybridized carbons (Fsp3) is 0.250. The predicted octanol–water partition coefficient (Wildman–Crippen LogP) is 3.14. The van der Waals surface area contributed by atoms with Crippen LogP contribution in [0, 0.1) is 10.1 Å². The van der Waals surface area contributed by atoms with Gasteiger partial charge in [-0.1, -0.05) is 0 Å². The molecule has 11 heteroatoms. The van der Waals surface area contributed by atoms with Crippen LogP contribution >= 0.6 is 0 Å². The molecule has 0 unspecified atom stereocenters. The first-order valence-electron chi connectivity index (χ1n) is 7.49. The molecule has 1 heterocycles. The second-order valence-corrected chi connectivity index (χ2v) is 5.53. The van der Waals surface area contributed by atoms with E-state index in [1.54, 1.807) is 19.3 Å². The summed E-state index contributed by atoms with van der Waals surface area (Å²) in [6, 6.07) is 4.94. The van der Waals surface area contributed by atoms with Crippen molar-refractivity contribution in [3.63, 3.8) is 0 Å². The van der Waals surface area contributed by atoms with E-state index in [1.165, 1.54) is 17.6 Å². The smallest absolute Gasteiger partial charge is 0.418 e. The highest BCUT2D eigenvalue weighted by molar-refractivity contribution is 5.97. The Morgan fingerprint density at radius 1 is 1.30 bits per heavy atom. The van der Waals surface area contributed by atoms with Gasteiger partial charge in [-0.2, -0.15) is 13.2 Å². The minimum absolute atomic E-state index is 0.154. The predicted molar refractivity (Wildman–Crippen MR) is 87.0 cm³/mol. The van der Waals surface area contributed by atoms with Crippen molar-refractivity contribution in [2.75, 3.05) is 5.32 Å². The summed E-state index contributed by atoms with van der Waals surface area (Å²) < 4.78 is 45.8. The molecule has 0 aliphatic rings. The number of aryl methyl sites for hydroxylation is 1. The zero-order valence-electron chi connectivity index (χ0n) is 14.1. The van der Waals surface area contributed by atoms with Crippen LogP contribution in [0.5, 0.6) is 0 Å². The van der Waals surface area contributed by atoms with Gasteiger partial charge < -0.3 is 14.6 Å². The molecular formula is C16H14F3N3O5. The second kappa shape index (κ2) is 7.48. The molecule has 0 bridgehead atoms. The molecule has 1 amide bonds. The number of nitrogens with zero attached hydrogens (tertiary/aromatic N) is 2. The number of anilines is 1. The van der Waals surface area contributed by atoms with Crippen LogP contribution in [-0.4, -0.2) is 27.5 Å². The molecule has 2 aromatic rings. The molecule has 27 heavy (non-hydrogen) atoms. The lowest BCUT2D eigenvalue weighted by molar-refractivity contribution is -0.385. The van der Waals surface area contributed by atoms with Gasteiger partial charge in [0.1, 0.15) is 5.69 Å². The van der Waals surface area contributed by atoms with E-state index in [0.29, 0.717) is 6.07 Å². The van der Waals surface area contributed by atoms with Gasteiger partial charge in [0.15, 0.2) is 6.10 Å². The fourth-order valence-electron chi connectivity index (χ4n) is 2.17. The number of carbonyl (C=O) groups is 2. The van der Waals surface area contributed by atoms with Crippen LogP contribution in [0.1, 0.15) is 23.0 Å². The third kappa shape index (κ3) is 4.63. The van der Waals surface area contributed by atoms with Gasteiger partial charge in [-0.15, -0.1) is 0 Å². The van der Waals surface area contributed by atoms with Crippen LogP contribution < -0.4 is 5.32 Å². The first kappa shape index (κ1) is 19.9. The summed E-state index contributed by atoms with van der Waals surface area (Å²) in [4.78, 5) is 33.8. The fourth-order valence-corrected chi connectivity index (χ4v) is 2.17. The average molecular weight is 385 g/mol. The van der Waals surface area contributed by atoms with Gasteiger partial charge in [0.05, 0.1) is 16.2 Å². The van der Waals surface area contributed by atoms with E-state index in [2.05, 4.69) is 0 Å². The molecule has 0 aliphatic carbocycles. The number of alkyl halides is 3. The SMILES string of the molecule is C[C@H](OC(=O)c1cccn1C)C(=O)Nc1ccc([N+](=O)[O-])cc1C(F)(F)F. The molecule has 1 aromatic carbocycles. The molecule has 0 fully saturated rings. The summed E-state index contributed by atoms with van der Waals surface area (Å²) in [5.74, 6) is -1.85. The Balaban J connectivity index is 2.18. The van der Waals surface area contributed by atoms with Crippen molar-refractivity contribution in [2.24, 2.45) is 7.05 Å². The van der Waals surface area contributed by atoms with Crippen molar-refractivity contribution < 1.29 is 32.4 Å². The van der Waals surface area contributed by atoms with Gasteiger partial charge in [-0.25, -0.2) is 4.79 Å². The molecule has 0 saturated heterocycles. The summed E-state index contributed by atoms with van der Waals surface area (Å²) >= 11 is 0. The number of amides is 1. The molecule has 0 radical (unpaired) electrons. The maximum atomic E-state index is 13.1. The third-order valence-electron chi connectivity index (χ3n) is 3.58. The highest BCUT2D eigenvalue weighted by Gasteiger charge is 2.36. The van der Waals surface area contributed by atoms with Crippen LogP contribution in [-0.2, 0) is 22.8 Å². The number of ether oxygens (including phenoxy) is 1. The van der Waals surface area contributed by atoms with Crippen molar-refractivity contribution in [2.45, 2.75) is 19.2 Å². The number of nitro benzene ring substituents is 1. The monoisotopic (exact) mass is 385 g/mol. The van der Waals surface area contributed by atoms with E-state index in [0.717, 1.165) is 12.1 Å². The van der Waals surface area contributed by atoms with E-state index in [-0.39, 0.29) is 5.69 Å². The van der Waals surface area contributed by atoms with Crippen molar-refractivity contribution in [3.05, 3.63) is 57.9 Å². The van der Waals surface area contributed by atoms with Crippen molar-refractivity contribution in [3.8, 4) is 0 Å². The molecule has 144 valence electrons. The van der Waals surface area contributed by atoms with Crippen molar-refractivity contribution in [1.82, 2.24) is 4.57 Å². The summed E-state index contributed by atoms with van der Waals surface area (Å²) in [5, 5.41) is 12.7. The molecule has 2 rings (SSSR count). The van der Waals surface area contributed by atoms with Crippen LogP contribution in [0.2, 0.25) is 0 Å². The number of rotatable bonds is 5. The quantitative estimate of drug-likeness (QED) is 0.484. The van der Waals surface area contributed by atoms with E-state index in [9.17, 15) is 32.9 Å². The summed E-state index contributed by atoms with van der Waals surface area (Å²) in [6.07, 6.45) is -4.76. The maximum Gasteiger partial charge on any atom is 0.418 e. The maximum absolute atomic E-state index is 13.1. The van der Waals surface area contributed by atoms with Gasteiger partial charge in [0, 0.05) is 25.4 Å². The topological polar surface area (TPSA) is 103 Å². The van der Waals surface area contributed by atoms with Gasteiger partial charge in [-0.3, -0.25) is 14.9 Å². The third-order valence-corrected chi connectivity index (χ3v) is 3.58. The Bertz CT molecular complexity index is 892. The standard InChI is InChI=1S/C16H14F3N3O5/c1-9(27-15(24)13-4-3-7-21(13)2)14(23)20-12-6-5-10(22(25)26)8-11(12)16(17,18)19/h3-9H,1-2H3,(H,20,23)/t9-/m0/s1. The molecule has 0 saturated carbocycles. The molecule has 0 aliphatic heterocycles. The van der Waals surface area contributed by atoms with Crippen LogP contribution in [0.25, 0.3) is 0 Å². The molecule has 1 aromatic heterocycles. The van der Waals surface area contributed by atoms with E-state index in [4.69, 9.17) is 4.74 Å². The summed E-state index contributed by atoms with van der Waals surface area (Å²) in [6.45, 7) is 1.19. The minimum Gasteiger partial charge on any atom is -0.448 e. The Labute approximate surface area is 150 Å². The molecular weight excluding hydrogens is 371 g/mol. The average Bonchev–Trinajstić information content (AvgIpc) is 3.00. The Hall–Kier alpha value is -3.37. The number of esters is 1. The number of hydrogen-bond donors (Lipinski definition) is 1. The lowest BCUT2D eigenvalue weighted by atomic mass is 10.1. The van der Waals surface area contributed by atoms with E-state index in [1.807, 2.05) is 5.32 Å². The molecule has 1 N–H and O–H groups in total. The van der Waals surface area contributed by atoms with Gasteiger partial charge in [-0.05, 0) is 25.1 Å². The van der Waals surface area contributed by atoms with E-state index >= 15 is 0 Å².